The van der Waals surface area contributed by atoms with Gasteiger partial charge in [0.2, 0.25) is 10.9 Å². The van der Waals surface area contributed by atoms with Crippen LogP contribution in [0.2, 0.25) is 0 Å². The van der Waals surface area contributed by atoms with Crippen LogP contribution in [0.5, 0.6) is 5.75 Å². The number of benzene rings is 3. The molecule has 1 N–H and O–H groups in total. The van der Waals surface area contributed by atoms with Crippen molar-refractivity contribution in [1.29, 1.82) is 0 Å². The van der Waals surface area contributed by atoms with Crippen LogP contribution in [0, 0.1) is 0 Å². The quantitative estimate of drug-likeness (QED) is 0.367. The van der Waals surface area contributed by atoms with E-state index < -0.39 is 11.5 Å². The van der Waals surface area contributed by atoms with Crippen molar-refractivity contribution in [3.8, 4) is 17.1 Å². The third kappa shape index (κ3) is 4.10. The van der Waals surface area contributed by atoms with Crippen molar-refractivity contribution in [3.05, 3.63) is 99.3 Å². The number of carbonyl (C=O) groups excluding carboxylic acids is 2. The molecule has 1 aliphatic heterocycles. The van der Waals surface area contributed by atoms with Crippen LogP contribution in [0.3, 0.4) is 0 Å². The molecule has 6 rings (SSSR count). The lowest BCUT2D eigenvalue weighted by Crippen LogP contribution is -2.37. The van der Waals surface area contributed by atoms with Crippen LogP contribution in [0.1, 0.15) is 12.5 Å². The van der Waals surface area contributed by atoms with Crippen LogP contribution in [0.4, 0.5) is 11.4 Å². The Labute approximate surface area is 220 Å². The van der Waals surface area contributed by atoms with Gasteiger partial charge in [-0.3, -0.25) is 19.3 Å². The first-order valence-electron chi connectivity index (χ1n) is 12.0. The largest absolute Gasteiger partial charge is 0.494 e. The molecular weight excluding hydrogens is 502 g/mol. The summed E-state index contributed by atoms with van der Waals surface area (Å²) in [6, 6.07) is 23.5. The minimum Gasteiger partial charge on any atom is -0.494 e. The molecule has 3 heterocycles. The standard InChI is InChI=1S/C28H21N5O4S/c1-2-37-19-14-12-18(13-15-19)29-22(34)16-32-21-11-7-6-10-20(21)23(26(32)35)24-27(36)33-28(38-24)30-25(31-33)17-8-4-3-5-9-17/h3-15H,2,16H2,1H3,(H,29,34)/b24-23-. The number of anilines is 2. The van der Waals surface area contributed by atoms with Crippen LogP contribution in [-0.4, -0.2) is 39.6 Å². The Bertz CT molecular complexity index is 1790. The van der Waals surface area contributed by atoms with Gasteiger partial charge in [-0.15, -0.1) is 5.10 Å². The average molecular weight is 524 g/mol. The smallest absolute Gasteiger partial charge is 0.291 e. The van der Waals surface area contributed by atoms with Gasteiger partial charge in [-0.25, -0.2) is 0 Å². The first-order valence-corrected chi connectivity index (χ1v) is 12.8. The van der Waals surface area contributed by atoms with Gasteiger partial charge in [-0.1, -0.05) is 59.9 Å². The summed E-state index contributed by atoms with van der Waals surface area (Å²) in [4.78, 5) is 46.1. The van der Waals surface area contributed by atoms with E-state index in [1.54, 1.807) is 48.5 Å². The van der Waals surface area contributed by atoms with Crippen molar-refractivity contribution < 1.29 is 14.3 Å². The molecule has 0 atom stereocenters. The number of ether oxygens (including phenoxy) is 1. The summed E-state index contributed by atoms with van der Waals surface area (Å²) in [6.45, 7) is 2.24. The fraction of sp³-hybridized carbons (Fsp3) is 0.107. The van der Waals surface area contributed by atoms with Gasteiger partial charge in [0.15, 0.2) is 5.82 Å². The van der Waals surface area contributed by atoms with Gasteiger partial charge >= 0.3 is 0 Å². The molecule has 5 aromatic rings. The highest BCUT2D eigenvalue weighted by atomic mass is 32.1. The van der Waals surface area contributed by atoms with Crippen molar-refractivity contribution in [3.63, 3.8) is 0 Å². The van der Waals surface area contributed by atoms with Crippen molar-refractivity contribution in [2.75, 3.05) is 23.4 Å². The molecule has 0 bridgehead atoms. The van der Waals surface area contributed by atoms with Crippen molar-refractivity contribution >= 4 is 45.1 Å². The molecule has 0 radical (unpaired) electrons. The van der Waals surface area contributed by atoms with E-state index >= 15 is 0 Å². The van der Waals surface area contributed by atoms with E-state index in [1.807, 2.05) is 37.3 Å². The highest BCUT2D eigenvalue weighted by Crippen LogP contribution is 2.35. The maximum Gasteiger partial charge on any atom is 0.291 e. The van der Waals surface area contributed by atoms with E-state index in [0.29, 0.717) is 40.1 Å². The summed E-state index contributed by atoms with van der Waals surface area (Å²) >= 11 is 1.11. The zero-order chi connectivity index (χ0) is 26.2. The Morgan fingerprint density at radius 2 is 1.71 bits per heavy atom. The third-order valence-corrected chi connectivity index (χ3v) is 7.12. The number of para-hydroxylation sites is 1. The lowest BCUT2D eigenvalue weighted by Gasteiger charge is -2.16. The minimum atomic E-state index is -0.419. The Hall–Kier alpha value is -4.83. The minimum absolute atomic E-state index is 0.209. The molecule has 2 amide bonds. The average Bonchev–Trinajstić information content (AvgIpc) is 3.57. The number of hydrogen-bond donors (Lipinski definition) is 1. The zero-order valence-corrected chi connectivity index (χ0v) is 21.1. The summed E-state index contributed by atoms with van der Waals surface area (Å²) in [5, 5.41) is 7.19. The number of aromatic nitrogens is 3. The number of hydrogen-bond acceptors (Lipinski definition) is 7. The van der Waals surface area contributed by atoms with Crippen molar-refractivity contribution in [2.45, 2.75) is 6.92 Å². The van der Waals surface area contributed by atoms with E-state index in [-0.39, 0.29) is 22.6 Å². The highest BCUT2D eigenvalue weighted by molar-refractivity contribution is 7.15. The van der Waals surface area contributed by atoms with E-state index in [1.165, 1.54) is 9.42 Å². The second kappa shape index (κ2) is 9.56. The number of rotatable bonds is 6. The molecule has 0 spiro atoms. The van der Waals surface area contributed by atoms with Gasteiger partial charge in [0.1, 0.15) is 16.8 Å². The summed E-state index contributed by atoms with van der Waals surface area (Å²) in [5.74, 6) is 0.361. The van der Waals surface area contributed by atoms with Crippen LogP contribution in [0.25, 0.3) is 21.9 Å². The molecule has 10 heteroatoms. The molecule has 0 aliphatic carbocycles. The molecule has 9 nitrogen and oxygen atoms in total. The topological polar surface area (TPSA) is 106 Å². The van der Waals surface area contributed by atoms with Gasteiger partial charge in [-0.05, 0) is 37.3 Å². The Morgan fingerprint density at radius 3 is 2.45 bits per heavy atom. The zero-order valence-electron chi connectivity index (χ0n) is 20.2. The van der Waals surface area contributed by atoms with E-state index in [9.17, 15) is 14.4 Å². The lowest BCUT2D eigenvalue weighted by molar-refractivity contribution is -0.118. The Kier molecular flexibility index (Phi) is 5.93. The molecule has 0 saturated carbocycles. The summed E-state index contributed by atoms with van der Waals surface area (Å²) in [7, 11) is 0. The van der Waals surface area contributed by atoms with Gasteiger partial charge < -0.3 is 10.1 Å². The van der Waals surface area contributed by atoms with Crippen LogP contribution in [0.15, 0.2) is 83.7 Å². The number of nitrogens with one attached hydrogen (secondary N) is 1. The number of fused-ring (bicyclic) bond motifs is 2. The van der Waals surface area contributed by atoms with Gasteiger partial charge in [-0.2, -0.15) is 9.50 Å². The summed E-state index contributed by atoms with van der Waals surface area (Å²) in [6.07, 6.45) is 0. The number of amides is 2. The molecule has 0 unspecified atom stereocenters. The predicted octanol–water partition coefficient (Wildman–Crippen LogP) is 3.12. The highest BCUT2D eigenvalue weighted by Gasteiger charge is 2.35. The molecular formula is C28H21N5O4S. The van der Waals surface area contributed by atoms with Crippen molar-refractivity contribution in [2.24, 2.45) is 0 Å². The van der Waals surface area contributed by atoms with E-state index in [4.69, 9.17) is 4.74 Å². The second-order valence-corrected chi connectivity index (χ2v) is 9.50. The van der Waals surface area contributed by atoms with Gasteiger partial charge in [0.25, 0.3) is 11.5 Å². The molecule has 2 aromatic heterocycles. The molecule has 188 valence electrons. The molecule has 3 aromatic carbocycles. The fourth-order valence-electron chi connectivity index (χ4n) is 4.40. The van der Waals surface area contributed by atoms with Crippen LogP contribution in [-0.2, 0) is 9.59 Å². The van der Waals surface area contributed by atoms with Gasteiger partial charge in [0, 0.05) is 16.8 Å². The van der Waals surface area contributed by atoms with Crippen LogP contribution >= 0.6 is 11.3 Å². The third-order valence-electron chi connectivity index (χ3n) is 6.09. The number of nitrogens with zero attached hydrogens (tertiary/aromatic N) is 4. The second-order valence-electron chi connectivity index (χ2n) is 8.52. The number of carbonyl (C=O) groups is 2. The normalized spacial score (nSPS) is 14.1. The van der Waals surface area contributed by atoms with E-state index in [0.717, 1.165) is 16.9 Å². The first kappa shape index (κ1) is 23.6. The fourth-order valence-corrected chi connectivity index (χ4v) is 5.39. The molecule has 0 fully saturated rings. The van der Waals surface area contributed by atoms with E-state index in [2.05, 4.69) is 15.4 Å². The Morgan fingerprint density at radius 1 is 0.974 bits per heavy atom. The maximum atomic E-state index is 13.6. The molecule has 1 aliphatic rings. The maximum absolute atomic E-state index is 13.6. The molecule has 38 heavy (non-hydrogen) atoms. The monoisotopic (exact) mass is 523 g/mol. The SMILES string of the molecule is CCOc1ccc(NC(=O)CN2C(=O)/C(=c3\sc4nc(-c5ccccc5)nn4c3=O)c3ccccc32)cc1. The van der Waals surface area contributed by atoms with Gasteiger partial charge in [0.05, 0.1) is 17.9 Å². The van der Waals surface area contributed by atoms with Crippen LogP contribution < -0.4 is 25.0 Å². The Balaban J connectivity index is 1.33. The predicted molar refractivity (Wildman–Crippen MR) is 145 cm³/mol. The summed E-state index contributed by atoms with van der Waals surface area (Å²) in [5.41, 5.74) is 2.37. The van der Waals surface area contributed by atoms with Crippen molar-refractivity contribution in [1.82, 2.24) is 14.6 Å². The first-order chi connectivity index (χ1) is 18.5. The summed E-state index contributed by atoms with van der Waals surface area (Å²) < 4.78 is 6.90. The number of thiazole rings is 1. The lowest BCUT2D eigenvalue weighted by atomic mass is 10.1. The molecule has 0 saturated heterocycles.